The number of hydrogen-bond acceptors (Lipinski definition) is 2. The molecule has 4 heteroatoms. The zero-order valence-electron chi connectivity index (χ0n) is 10.5. The van der Waals surface area contributed by atoms with Crippen molar-refractivity contribution in [1.29, 1.82) is 0 Å². The summed E-state index contributed by atoms with van der Waals surface area (Å²) in [6, 6.07) is 15.6. The summed E-state index contributed by atoms with van der Waals surface area (Å²) in [5.74, 6) is -0.403. The molecule has 0 saturated carbocycles. The molecule has 0 bridgehead atoms. The first-order valence-corrected chi connectivity index (χ1v) is 6.30. The quantitative estimate of drug-likeness (QED) is 0.525. The van der Waals surface area contributed by atoms with Gasteiger partial charge in [-0.2, -0.15) is 14.2 Å². The van der Waals surface area contributed by atoms with Crippen LogP contribution in [-0.2, 0) is 0 Å². The number of fused-ring (bicyclic) bond motifs is 3. The van der Waals surface area contributed by atoms with E-state index < -0.39 is 5.95 Å². The second kappa shape index (κ2) is 4.13. The predicted molar refractivity (Wildman–Crippen MR) is 75.2 cm³/mol. The van der Waals surface area contributed by atoms with Crippen LogP contribution >= 0.6 is 0 Å². The summed E-state index contributed by atoms with van der Waals surface area (Å²) in [6.07, 6.45) is 2.69. The Morgan fingerprint density at radius 1 is 0.850 bits per heavy atom. The molecule has 0 fully saturated rings. The minimum Gasteiger partial charge on any atom is -0.223 e. The lowest BCUT2D eigenvalue weighted by molar-refractivity contribution is 0.653. The molecule has 0 N–H and O–H groups in total. The molecule has 0 atom stereocenters. The first kappa shape index (κ1) is 11.1. The van der Waals surface area contributed by atoms with Gasteiger partial charge in [0.1, 0.15) is 12.7 Å². The molecule has 4 rings (SSSR count). The maximum Gasteiger partial charge on any atom is 0.224 e. The van der Waals surface area contributed by atoms with Gasteiger partial charge in [0.2, 0.25) is 5.95 Å². The van der Waals surface area contributed by atoms with Gasteiger partial charge in [-0.25, -0.2) is 4.98 Å². The van der Waals surface area contributed by atoms with Gasteiger partial charge >= 0.3 is 0 Å². The lowest BCUT2D eigenvalue weighted by Crippen LogP contribution is -1.96. The molecule has 1 aliphatic carbocycles. The van der Waals surface area contributed by atoms with Gasteiger partial charge in [-0.15, -0.1) is 0 Å². The highest BCUT2D eigenvalue weighted by Crippen LogP contribution is 2.46. The molecule has 1 heterocycles. The van der Waals surface area contributed by atoms with Crippen molar-refractivity contribution in [3.05, 3.63) is 72.3 Å². The van der Waals surface area contributed by atoms with Crippen LogP contribution in [0.4, 0.5) is 4.39 Å². The Balaban J connectivity index is 2.08. The van der Waals surface area contributed by atoms with Crippen LogP contribution in [0.2, 0.25) is 0 Å². The van der Waals surface area contributed by atoms with Crippen molar-refractivity contribution in [3.63, 3.8) is 0 Å². The van der Waals surface area contributed by atoms with Crippen LogP contribution in [-0.4, -0.2) is 14.8 Å². The van der Waals surface area contributed by atoms with Crippen LogP contribution in [0.1, 0.15) is 11.1 Å². The summed E-state index contributed by atoms with van der Waals surface area (Å²) < 4.78 is 15.9. The number of halogens is 1. The fourth-order valence-electron chi connectivity index (χ4n) is 2.66. The lowest BCUT2D eigenvalue weighted by atomic mass is 10.1. The first-order chi connectivity index (χ1) is 9.86. The molecule has 0 amide bonds. The second-order valence-electron chi connectivity index (χ2n) is 4.60. The largest absolute Gasteiger partial charge is 0.224 e. The average molecular weight is 263 g/mol. The van der Waals surface area contributed by atoms with E-state index in [0.29, 0.717) is 5.57 Å². The van der Waals surface area contributed by atoms with Crippen molar-refractivity contribution in [2.75, 3.05) is 0 Å². The van der Waals surface area contributed by atoms with E-state index in [1.54, 1.807) is 0 Å². The van der Waals surface area contributed by atoms with E-state index in [2.05, 4.69) is 10.1 Å². The van der Waals surface area contributed by atoms with E-state index >= 15 is 0 Å². The van der Waals surface area contributed by atoms with E-state index in [1.165, 1.54) is 12.7 Å². The number of nitrogens with zero attached hydrogens (tertiary/aromatic N) is 3. The Labute approximate surface area is 115 Å². The molecule has 20 heavy (non-hydrogen) atoms. The standard InChI is InChI=1S/C16H10FN3/c17-16(20-10-18-9-19-20)15-13-7-3-1-5-11(13)12-6-2-4-8-14(12)15/h1-10H. The Kier molecular flexibility index (Phi) is 2.29. The number of hydrogen-bond donors (Lipinski definition) is 0. The summed E-state index contributed by atoms with van der Waals surface area (Å²) in [4.78, 5) is 3.80. The van der Waals surface area contributed by atoms with Gasteiger partial charge in [0.15, 0.2) is 0 Å². The summed E-state index contributed by atoms with van der Waals surface area (Å²) in [7, 11) is 0. The minimum absolute atomic E-state index is 0.403. The molecule has 2 aromatic carbocycles. The monoisotopic (exact) mass is 263 g/mol. The maximum atomic E-state index is 14.8. The molecular formula is C16H10FN3. The topological polar surface area (TPSA) is 30.7 Å². The SMILES string of the molecule is FC(=C1c2ccccc2-c2ccccc21)n1cncn1. The van der Waals surface area contributed by atoms with Crippen molar-refractivity contribution in [2.24, 2.45) is 0 Å². The molecule has 3 aromatic rings. The second-order valence-corrected chi connectivity index (χ2v) is 4.60. The molecule has 0 saturated heterocycles. The van der Waals surface area contributed by atoms with Crippen LogP contribution in [0, 0.1) is 0 Å². The van der Waals surface area contributed by atoms with Gasteiger partial charge in [-0.3, -0.25) is 0 Å². The summed E-state index contributed by atoms with van der Waals surface area (Å²) in [5, 5.41) is 3.88. The van der Waals surface area contributed by atoms with Crippen molar-refractivity contribution >= 4 is 11.5 Å². The molecule has 3 nitrogen and oxygen atoms in total. The minimum atomic E-state index is -0.403. The highest BCUT2D eigenvalue weighted by atomic mass is 19.1. The first-order valence-electron chi connectivity index (χ1n) is 6.30. The van der Waals surface area contributed by atoms with E-state index in [1.807, 2.05) is 48.5 Å². The fraction of sp³-hybridized carbons (Fsp3) is 0. The third kappa shape index (κ3) is 1.45. The smallest absolute Gasteiger partial charge is 0.223 e. The van der Waals surface area contributed by atoms with Crippen molar-refractivity contribution in [2.45, 2.75) is 0 Å². The normalized spacial score (nSPS) is 12.2. The van der Waals surface area contributed by atoms with Crippen LogP contribution < -0.4 is 0 Å². The third-order valence-corrected chi connectivity index (χ3v) is 3.51. The molecule has 96 valence electrons. The van der Waals surface area contributed by atoms with Gasteiger partial charge in [0.25, 0.3) is 0 Å². The van der Waals surface area contributed by atoms with Gasteiger partial charge in [0.05, 0.1) is 0 Å². The maximum absolute atomic E-state index is 14.8. The van der Waals surface area contributed by atoms with Crippen LogP contribution in [0.15, 0.2) is 61.2 Å². The van der Waals surface area contributed by atoms with E-state index in [0.717, 1.165) is 26.9 Å². The lowest BCUT2D eigenvalue weighted by Gasteiger charge is -2.05. The van der Waals surface area contributed by atoms with E-state index in [-0.39, 0.29) is 0 Å². The Morgan fingerprint density at radius 3 is 1.90 bits per heavy atom. The highest BCUT2D eigenvalue weighted by molar-refractivity contribution is 6.06. The molecule has 0 unspecified atom stereocenters. The fourth-order valence-corrected chi connectivity index (χ4v) is 2.66. The van der Waals surface area contributed by atoms with Gasteiger partial charge in [0, 0.05) is 5.57 Å². The molecule has 0 spiro atoms. The molecular weight excluding hydrogens is 253 g/mol. The van der Waals surface area contributed by atoms with Gasteiger partial charge in [-0.05, 0) is 22.3 Å². The zero-order chi connectivity index (χ0) is 13.5. The van der Waals surface area contributed by atoms with Gasteiger partial charge in [-0.1, -0.05) is 48.5 Å². The van der Waals surface area contributed by atoms with Crippen molar-refractivity contribution in [3.8, 4) is 11.1 Å². The number of benzene rings is 2. The van der Waals surface area contributed by atoms with Gasteiger partial charge < -0.3 is 0 Å². The van der Waals surface area contributed by atoms with E-state index in [9.17, 15) is 4.39 Å². The van der Waals surface area contributed by atoms with Crippen LogP contribution in [0.25, 0.3) is 22.7 Å². The number of aromatic nitrogens is 3. The highest BCUT2D eigenvalue weighted by Gasteiger charge is 2.26. The Bertz CT molecular complexity index is 772. The Morgan fingerprint density at radius 2 is 1.40 bits per heavy atom. The zero-order valence-corrected chi connectivity index (χ0v) is 10.5. The molecule has 1 aromatic heterocycles. The average Bonchev–Trinajstić information content (AvgIpc) is 3.13. The van der Waals surface area contributed by atoms with Crippen molar-refractivity contribution < 1.29 is 4.39 Å². The number of rotatable bonds is 1. The summed E-state index contributed by atoms with van der Waals surface area (Å²) in [6.45, 7) is 0. The molecule has 0 radical (unpaired) electrons. The van der Waals surface area contributed by atoms with Crippen LogP contribution in [0.5, 0.6) is 0 Å². The molecule has 0 aliphatic heterocycles. The van der Waals surface area contributed by atoms with Crippen molar-refractivity contribution in [1.82, 2.24) is 14.8 Å². The third-order valence-electron chi connectivity index (χ3n) is 3.51. The van der Waals surface area contributed by atoms with Crippen LogP contribution in [0.3, 0.4) is 0 Å². The Hall–Kier alpha value is -2.75. The molecule has 1 aliphatic rings. The predicted octanol–water partition coefficient (Wildman–Crippen LogP) is 3.60. The summed E-state index contributed by atoms with van der Waals surface area (Å²) in [5.41, 5.74) is 4.45. The summed E-state index contributed by atoms with van der Waals surface area (Å²) >= 11 is 0. The van der Waals surface area contributed by atoms with E-state index in [4.69, 9.17) is 0 Å².